The van der Waals surface area contributed by atoms with E-state index in [9.17, 15) is 10.2 Å². The SMILES string of the molecule is Oc1ccc(-c2nn(-c3ccc(Cl)cc3)c(-c3ccc(O)cc3)c2-c2ccccc2)cc1. The first-order chi connectivity index (χ1) is 15.6. The molecule has 156 valence electrons. The zero-order valence-corrected chi connectivity index (χ0v) is 17.7. The molecule has 0 atom stereocenters. The van der Waals surface area contributed by atoms with Crippen LogP contribution in [0, 0.1) is 0 Å². The number of rotatable bonds is 4. The molecule has 0 fully saturated rings. The molecule has 0 amide bonds. The second-order valence-electron chi connectivity index (χ2n) is 7.42. The number of phenolic OH excluding ortho intramolecular Hbond substituents is 2. The Bertz CT molecular complexity index is 1360. The van der Waals surface area contributed by atoms with Gasteiger partial charge in [-0.15, -0.1) is 0 Å². The lowest BCUT2D eigenvalue weighted by molar-refractivity contribution is 0.475. The lowest BCUT2D eigenvalue weighted by atomic mass is 9.95. The summed E-state index contributed by atoms with van der Waals surface area (Å²) in [5, 5.41) is 25.3. The molecule has 0 bridgehead atoms. The number of hydrogen-bond donors (Lipinski definition) is 2. The second kappa shape index (κ2) is 8.25. The summed E-state index contributed by atoms with van der Waals surface area (Å²) in [6.07, 6.45) is 0. The van der Waals surface area contributed by atoms with Crippen molar-refractivity contribution >= 4 is 11.6 Å². The zero-order valence-electron chi connectivity index (χ0n) is 17.0. The minimum absolute atomic E-state index is 0.200. The molecule has 1 aromatic heterocycles. The van der Waals surface area contributed by atoms with Gasteiger partial charge in [-0.25, -0.2) is 4.68 Å². The molecule has 5 aromatic rings. The molecule has 1 heterocycles. The van der Waals surface area contributed by atoms with Gasteiger partial charge in [-0.3, -0.25) is 0 Å². The van der Waals surface area contributed by atoms with Crippen LogP contribution < -0.4 is 0 Å². The minimum Gasteiger partial charge on any atom is -0.508 e. The molecule has 0 aliphatic carbocycles. The average Bonchev–Trinajstić information content (AvgIpc) is 3.22. The van der Waals surface area contributed by atoms with Crippen LogP contribution in [0.25, 0.3) is 39.3 Å². The van der Waals surface area contributed by atoms with Crippen LogP contribution in [0.5, 0.6) is 11.5 Å². The van der Waals surface area contributed by atoms with Gasteiger partial charge in [0, 0.05) is 21.7 Å². The van der Waals surface area contributed by atoms with Crippen LogP contribution in [0.3, 0.4) is 0 Å². The Morgan fingerprint density at radius 3 is 1.75 bits per heavy atom. The van der Waals surface area contributed by atoms with E-state index in [1.807, 2.05) is 71.4 Å². The van der Waals surface area contributed by atoms with Gasteiger partial charge in [-0.2, -0.15) is 5.10 Å². The first-order valence-electron chi connectivity index (χ1n) is 10.1. The van der Waals surface area contributed by atoms with Gasteiger partial charge in [0.25, 0.3) is 0 Å². The van der Waals surface area contributed by atoms with Gasteiger partial charge in [0.2, 0.25) is 0 Å². The highest BCUT2D eigenvalue weighted by Crippen LogP contribution is 2.41. The topological polar surface area (TPSA) is 58.3 Å². The van der Waals surface area contributed by atoms with Gasteiger partial charge in [-0.05, 0) is 78.4 Å². The van der Waals surface area contributed by atoms with E-state index < -0.39 is 0 Å². The van der Waals surface area contributed by atoms with Crippen molar-refractivity contribution in [3.63, 3.8) is 0 Å². The third kappa shape index (κ3) is 3.72. The van der Waals surface area contributed by atoms with Gasteiger partial charge in [0.15, 0.2) is 0 Å². The summed E-state index contributed by atoms with van der Waals surface area (Å²) in [6.45, 7) is 0. The molecule has 0 unspecified atom stereocenters. The Kier molecular flexibility index (Phi) is 5.13. The van der Waals surface area contributed by atoms with Crippen molar-refractivity contribution in [1.82, 2.24) is 9.78 Å². The van der Waals surface area contributed by atoms with Crippen LogP contribution in [0.15, 0.2) is 103 Å². The van der Waals surface area contributed by atoms with Gasteiger partial charge in [-0.1, -0.05) is 41.9 Å². The number of nitrogens with zero attached hydrogens (tertiary/aromatic N) is 2. The van der Waals surface area contributed by atoms with Crippen LogP contribution in [0.1, 0.15) is 0 Å². The fraction of sp³-hybridized carbons (Fsp3) is 0. The maximum absolute atomic E-state index is 9.86. The highest BCUT2D eigenvalue weighted by molar-refractivity contribution is 6.30. The van der Waals surface area contributed by atoms with Crippen LogP contribution in [-0.4, -0.2) is 20.0 Å². The zero-order chi connectivity index (χ0) is 22.1. The Morgan fingerprint density at radius 2 is 1.16 bits per heavy atom. The van der Waals surface area contributed by atoms with Gasteiger partial charge in [0.05, 0.1) is 11.4 Å². The van der Waals surface area contributed by atoms with Crippen molar-refractivity contribution in [2.45, 2.75) is 0 Å². The average molecular weight is 439 g/mol. The molecule has 0 radical (unpaired) electrons. The van der Waals surface area contributed by atoms with Gasteiger partial charge >= 0.3 is 0 Å². The highest BCUT2D eigenvalue weighted by atomic mass is 35.5. The minimum atomic E-state index is 0.200. The van der Waals surface area contributed by atoms with E-state index in [1.165, 1.54) is 0 Å². The summed E-state index contributed by atoms with van der Waals surface area (Å²) < 4.78 is 1.90. The van der Waals surface area contributed by atoms with E-state index in [0.29, 0.717) is 5.02 Å². The number of aromatic nitrogens is 2. The maximum Gasteiger partial charge on any atom is 0.115 e. The van der Waals surface area contributed by atoms with Gasteiger partial charge < -0.3 is 10.2 Å². The van der Waals surface area contributed by atoms with Crippen LogP contribution in [0.2, 0.25) is 5.02 Å². The van der Waals surface area contributed by atoms with Crippen LogP contribution in [0.4, 0.5) is 0 Å². The standard InChI is InChI=1S/C27H19ClN2O2/c28-21-10-12-22(13-11-21)30-27(20-8-16-24(32)17-9-20)25(18-4-2-1-3-5-18)26(29-30)19-6-14-23(31)15-7-19/h1-17,31-32H. The molecular formula is C27H19ClN2O2. The lowest BCUT2D eigenvalue weighted by Crippen LogP contribution is -1.99. The second-order valence-corrected chi connectivity index (χ2v) is 7.86. The van der Waals surface area contributed by atoms with Crippen LogP contribution in [-0.2, 0) is 0 Å². The summed E-state index contributed by atoms with van der Waals surface area (Å²) in [4.78, 5) is 0. The maximum atomic E-state index is 9.86. The third-order valence-corrected chi connectivity index (χ3v) is 5.55. The van der Waals surface area contributed by atoms with Crippen LogP contribution >= 0.6 is 11.6 Å². The first-order valence-corrected chi connectivity index (χ1v) is 10.5. The van der Waals surface area contributed by atoms with Crippen molar-refractivity contribution in [1.29, 1.82) is 0 Å². The number of halogens is 1. The summed E-state index contributed by atoms with van der Waals surface area (Å²) in [5.41, 5.74) is 6.30. The monoisotopic (exact) mass is 438 g/mol. The largest absolute Gasteiger partial charge is 0.508 e. The van der Waals surface area contributed by atoms with Crippen molar-refractivity contribution in [3.8, 4) is 50.8 Å². The summed E-state index contributed by atoms with van der Waals surface area (Å²) in [5.74, 6) is 0.400. The molecule has 0 aliphatic heterocycles. The quantitative estimate of drug-likeness (QED) is 0.319. The first kappa shape index (κ1) is 19.9. The van der Waals surface area contributed by atoms with E-state index in [-0.39, 0.29) is 11.5 Å². The molecule has 0 spiro atoms. The predicted octanol–water partition coefficient (Wildman–Crippen LogP) is 6.94. The number of phenols is 2. The van der Waals surface area contributed by atoms with Crippen molar-refractivity contribution < 1.29 is 10.2 Å². The van der Waals surface area contributed by atoms with Gasteiger partial charge in [0.1, 0.15) is 17.2 Å². The number of aromatic hydroxyl groups is 2. The molecule has 4 aromatic carbocycles. The Morgan fingerprint density at radius 1 is 0.594 bits per heavy atom. The molecule has 5 rings (SSSR count). The van der Waals surface area contributed by atoms with E-state index in [1.54, 1.807) is 24.3 Å². The van der Waals surface area contributed by atoms with E-state index >= 15 is 0 Å². The van der Waals surface area contributed by atoms with E-state index in [2.05, 4.69) is 12.1 Å². The molecule has 32 heavy (non-hydrogen) atoms. The van der Waals surface area contributed by atoms with E-state index in [4.69, 9.17) is 16.7 Å². The lowest BCUT2D eigenvalue weighted by Gasteiger charge is -2.11. The highest BCUT2D eigenvalue weighted by Gasteiger charge is 2.23. The summed E-state index contributed by atoms with van der Waals surface area (Å²) in [6, 6.07) is 31.7. The molecule has 0 aliphatic rings. The molecular weight excluding hydrogens is 420 g/mol. The summed E-state index contributed by atoms with van der Waals surface area (Å²) >= 11 is 6.14. The fourth-order valence-electron chi connectivity index (χ4n) is 3.77. The Labute approximate surface area is 190 Å². The number of hydrogen-bond acceptors (Lipinski definition) is 3. The van der Waals surface area contributed by atoms with Crippen molar-refractivity contribution in [2.75, 3.05) is 0 Å². The van der Waals surface area contributed by atoms with E-state index in [0.717, 1.165) is 39.3 Å². The molecule has 0 saturated carbocycles. The Balaban J connectivity index is 1.86. The third-order valence-electron chi connectivity index (χ3n) is 5.30. The van der Waals surface area contributed by atoms with Crippen molar-refractivity contribution in [2.24, 2.45) is 0 Å². The molecule has 5 heteroatoms. The summed E-state index contributed by atoms with van der Waals surface area (Å²) in [7, 11) is 0. The fourth-order valence-corrected chi connectivity index (χ4v) is 3.90. The predicted molar refractivity (Wildman–Crippen MR) is 128 cm³/mol. The number of benzene rings is 4. The molecule has 2 N–H and O–H groups in total. The normalized spacial score (nSPS) is 10.9. The molecule has 4 nitrogen and oxygen atoms in total. The Hall–Kier alpha value is -4.02. The smallest absolute Gasteiger partial charge is 0.115 e. The van der Waals surface area contributed by atoms with Crippen molar-refractivity contribution in [3.05, 3.63) is 108 Å². The molecule has 0 saturated heterocycles.